The molecule has 1 fully saturated rings. The lowest BCUT2D eigenvalue weighted by Gasteiger charge is -2.22. The molecule has 0 bridgehead atoms. The fourth-order valence-corrected chi connectivity index (χ4v) is 3.24. The molecule has 1 aliphatic rings. The summed E-state index contributed by atoms with van der Waals surface area (Å²) in [6.07, 6.45) is 6.59. The summed E-state index contributed by atoms with van der Waals surface area (Å²) in [6.45, 7) is 2.38. The molecule has 1 saturated heterocycles. The second-order valence-corrected chi connectivity index (χ2v) is 6.62. The number of carbonyl (C=O) groups is 1. The van der Waals surface area contributed by atoms with E-state index in [-0.39, 0.29) is 18.2 Å². The van der Waals surface area contributed by atoms with Gasteiger partial charge in [0.2, 0.25) is 11.7 Å². The number of benzene rings is 1. The maximum atomic E-state index is 11.9. The molecule has 4 rings (SSSR count). The van der Waals surface area contributed by atoms with E-state index >= 15 is 0 Å². The summed E-state index contributed by atoms with van der Waals surface area (Å²) in [4.78, 5) is 18.7. The fraction of sp³-hybridized carbons (Fsp3) is 0.350. The quantitative estimate of drug-likeness (QED) is 0.742. The molecule has 27 heavy (non-hydrogen) atoms. The SMILES string of the molecule is O=C(NCc1nc(-c2ccc(N3CCCCCC3)cc2)no1)c1ccco1. The second-order valence-electron chi connectivity index (χ2n) is 6.62. The van der Waals surface area contributed by atoms with Gasteiger partial charge in [0.1, 0.15) is 0 Å². The van der Waals surface area contributed by atoms with Crippen LogP contribution in [-0.4, -0.2) is 29.1 Å². The molecule has 1 amide bonds. The third kappa shape index (κ3) is 4.19. The number of nitrogens with zero attached hydrogens (tertiary/aromatic N) is 3. The van der Waals surface area contributed by atoms with Gasteiger partial charge in [-0.3, -0.25) is 4.79 Å². The van der Waals surface area contributed by atoms with Crippen LogP contribution in [-0.2, 0) is 6.54 Å². The van der Waals surface area contributed by atoms with Gasteiger partial charge in [0.15, 0.2) is 5.76 Å². The Balaban J connectivity index is 1.38. The number of amides is 1. The van der Waals surface area contributed by atoms with Crippen molar-refractivity contribution in [3.05, 3.63) is 54.3 Å². The van der Waals surface area contributed by atoms with Gasteiger partial charge in [-0.15, -0.1) is 0 Å². The standard InChI is InChI=1S/C20H22N4O3/c25-20(17-6-5-13-26-17)21-14-18-22-19(23-27-18)15-7-9-16(10-8-15)24-11-3-1-2-4-12-24/h5-10,13H,1-4,11-12,14H2,(H,21,25). The number of hydrogen-bond donors (Lipinski definition) is 1. The lowest BCUT2D eigenvalue weighted by Crippen LogP contribution is -2.23. The molecule has 7 heteroatoms. The van der Waals surface area contributed by atoms with Gasteiger partial charge in [-0.25, -0.2) is 0 Å². The molecule has 0 spiro atoms. The minimum absolute atomic E-state index is 0.151. The highest BCUT2D eigenvalue weighted by Gasteiger charge is 2.14. The van der Waals surface area contributed by atoms with Gasteiger partial charge in [-0.05, 0) is 49.2 Å². The fourth-order valence-electron chi connectivity index (χ4n) is 3.24. The molecule has 1 N–H and O–H groups in total. The second kappa shape index (κ2) is 8.07. The Bertz CT molecular complexity index is 863. The Morgan fingerprint density at radius 3 is 2.56 bits per heavy atom. The molecule has 0 unspecified atom stereocenters. The van der Waals surface area contributed by atoms with Crippen molar-refractivity contribution in [1.29, 1.82) is 0 Å². The van der Waals surface area contributed by atoms with Crippen molar-refractivity contribution in [2.75, 3.05) is 18.0 Å². The summed E-state index contributed by atoms with van der Waals surface area (Å²) in [5, 5.41) is 6.70. The van der Waals surface area contributed by atoms with Crippen molar-refractivity contribution >= 4 is 11.6 Å². The van der Waals surface area contributed by atoms with E-state index in [4.69, 9.17) is 8.94 Å². The summed E-state index contributed by atoms with van der Waals surface area (Å²) >= 11 is 0. The predicted octanol–water partition coefficient (Wildman–Crippen LogP) is 3.64. The first-order chi connectivity index (χ1) is 13.3. The molecule has 0 aliphatic carbocycles. The van der Waals surface area contributed by atoms with Crippen molar-refractivity contribution in [1.82, 2.24) is 15.5 Å². The first-order valence-corrected chi connectivity index (χ1v) is 9.29. The first-order valence-electron chi connectivity index (χ1n) is 9.29. The Morgan fingerprint density at radius 2 is 1.85 bits per heavy atom. The molecule has 1 aliphatic heterocycles. The molecular weight excluding hydrogens is 344 g/mol. The van der Waals surface area contributed by atoms with Crippen LogP contribution in [0.2, 0.25) is 0 Å². The van der Waals surface area contributed by atoms with E-state index in [1.54, 1.807) is 12.1 Å². The Kier molecular flexibility index (Phi) is 5.18. The van der Waals surface area contributed by atoms with Crippen LogP contribution in [0, 0.1) is 0 Å². The van der Waals surface area contributed by atoms with Crippen LogP contribution >= 0.6 is 0 Å². The van der Waals surface area contributed by atoms with Crippen molar-refractivity contribution in [2.45, 2.75) is 32.2 Å². The number of anilines is 1. The number of aromatic nitrogens is 2. The van der Waals surface area contributed by atoms with Crippen LogP contribution in [0.15, 0.2) is 51.6 Å². The highest BCUT2D eigenvalue weighted by Crippen LogP contribution is 2.23. The number of rotatable bonds is 5. The van der Waals surface area contributed by atoms with Gasteiger partial charge in [-0.1, -0.05) is 18.0 Å². The van der Waals surface area contributed by atoms with Crippen molar-refractivity contribution in [3.63, 3.8) is 0 Å². The average Bonchev–Trinajstić information content (AvgIpc) is 3.34. The van der Waals surface area contributed by atoms with E-state index in [2.05, 4.69) is 32.5 Å². The largest absolute Gasteiger partial charge is 0.459 e. The van der Waals surface area contributed by atoms with Gasteiger partial charge in [0.25, 0.3) is 5.91 Å². The van der Waals surface area contributed by atoms with E-state index < -0.39 is 0 Å². The molecule has 140 valence electrons. The third-order valence-electron chi connectivity index (χ3n) is 4.71. The summed E-state index contributed by atoms with van der Waals surface area (Å²) in [5.74, 6) is 0.793. The Morgan fingerprint density at radius 1 is 1.07 bits per heavy atom. The number of furan rings is 1. The molecule has 0 radical (unpaired) electrons. The first kappa shape index (κ1) is 17.3. The Hall–Kier alpha value is -3.09. The van der Waals surface area contributed by atoms with Crippen LogP contribution in [0.5, 0.6) is 0 Å². The van der Waals surface area contributed by atoms with Gasteiger partial charge < -0.3 is 19.2 Å². The lowest BCUT2D eigenvalue weighted by molar-refractivity contribution is 0.0918. The van der Waals surface area contributed by atoms with Crippen molar-refractivity contribution in [3.8, 4) is 11.4 Å². The van der Waals surface area contributed by atoms with Crippen LogP contribution in [0.3, 0.4) is 0 Å². The number of carbonyl (C=O) groups excluding carboxylic acids is 1. The molecular formula is C20H22N4O3. The van der Waals surface area contributed by atoms with Crippen LogP contribution < -0.4 is 10.2 Å². The molecule has 7 nitrogen and oxygen atoms in total. The number of hydrogen-bond acceptors (Lipinski definition) is 6. The van der Waals surface area contributed by atoms with Crippen molar-refractivity contribution < 1.29 is 13.7 Å². The summed E-state index contributed by atoms with van der Waals surface area (Å²) in [6, 6.07) is 11.5. The summed E-state index contributed by atoms with van der Waals surface area (Å²) < 4.78 is 10.3. The predicted molar refractivity (Wildman–Crippen MR) is 100 cm³/mol. The maximum Gasteiger partial charge on any atom is 0.287 e. The molecule has 2 aromatic heterocycles. The van der Waals surface area contributed by atoms with Crippen LogP contribution in [0.1, 0.15) is 42.1 Å². The zero-order valence-corrected chi connectivity index (χ0v) is 15.1. The minimum Gasteiger partial charge on any atom is -0.459 e. The van der Waals surface area contributed by atoms with Gasteiger partial charge in [-0.2, -0.15) is 4.98 Å². The van der Waals surface area contributed by atoms with Crippen LogP contribution in [0.25, 0.3) is 11.4 Å². The van der Waals surface area contributed by atoms with Gasteiger partial charge in [0, 0.05) is 24.3 Å². The normalized spacial score (nSPS) is 14.7. The lowest BCUT2D eigenvalue weighted by atomic mass is 10.2. The molecule has 1 aromatic carbocycles. The summed E-state index contributed by atoms with van der Waals surface area (Å²) in [5.41, 5.74) is 2.12. The smallest absolute Gasteiger partial charge is 0.287 e. The van der Waals surface area contributed by atoms with Crippen LogP contribution in [0.4, 0.5) is 5.69 Å². The summed E-state index contributed by atoms with van der Waals surface area (Å²) in [7, 11) is 0. The van der Waals surface area contributed by atoms with E-state index in [1.165, 1.54) is 37.6 Å². The topological polar surface area (TPSA) is 84.4 Å². The Labute approximate surface area is 157 Å². The zero-order valence-electron chi connectivity index (χ0n) is 15.1. The monoisotopic (exact) mass is 366 g/mol. The van der Waals surface area contributed by atoms with E-state index in [9.17, 15) is 4.79 Å². The molecule has 0 atom stereocenters. The van der Waals surface area contributed by atoms with Gasteiger partial charge in [0.05, 0.1) is 12.8 Å². The van der Waals surface area contributed by atoms with E-state index in [0.29, 0.717) is 11.7 Å². The molecule has 3 aromatic rings. The maximum absolute atomic E-state index is 11.9. The minimum atomic E-state index is -0.318. The number of nitrogens with one attached hydrogen (secondary N) is 1. The zero-order chi connectivity index (χ0) is 18.5. The van der Waals surface area contributed by atoms with E-state index in [0.717, 1.165) is 18.7 Å². The van der Waals surface area contributed by atoms with E-state index in [1.807, 2.05) is 12.1 Å². The average molecular weight is 366 g/mol. The highest BCUT2D eigenvalue weighted by molar-refractivity contribution is 5.91. The third-order valence-corrected chi connectivity index (χ3v) is 4.71. The highest BCUT2D eigenvalue weighted by atomic mass is 16.5. The molecule has 0 saturated carbocycles. The van der Waals surface area contributed by atoms with Crippen molar-refractivity contribution in [2.24, 2.45) is 0 Å². The van der Waals surface area contributed by atoms with Gasteiger partial charge >= 0.3 is 0 Å². The molecule has 3 heterocycles.